The van der Waals surface area contributed by atoms with Crippen LogP contribution in [-0.4, -0.2) is 11.8 Å². The van der Waals surface area contributed by atoms with E-state index in [-0.39, 0.29) is 4.87 Å². The molecule has 1 aliphatic heterocycles. The molecule has 1 spiro atoms. The van der Waals surface area contributed by atoms with Crippen LogP contribution in [0.1, 0.15) is 24.5 Å². The first-order chi connectivity index (χ1) is 7.21. The van der Waals surface area contributed by atoms with Crippen LogP contribution in [0, 0.1) is 0 Å². The number of hydrogen-bond acceptors (Lipinski definition) is 2. The van der Waals surface area contributed by atoms with Crippen molar-refractivity contribution in [3.8, 4) is 0 Å². The summed E-state index contributed by atoms with van der Waals surface area (Å²) in [6, 6.07) is 7.23. The zero-order chi connectivity index (χ0) is 10.5. The van der Waals surface area contributed by atoms with Crippen molar-refractivity contribution in [2.24, 2.45) is 0 Å². The Hall–Kier alpha value is 0.01000. The van der Waals surface area contributed by atoms with Gasteiger partial charge < -0.3 is 0 Å². The van der Waals surface area contributed by atoms with Gasteiger partial charge in [0.05, 0.1) is 4.87 Å². The normalized spacial score (nSPS) is 33.6. The molecule has 1 aliphatic carbocycles. The van der Waals surface area contributed by atoms with Gasteiger partial charge in [0.1, 0.15) is 0 Å². The molecule has 0 aromatic heterocycles. The molecule has 2 atom stereocenters. The molecule has 1 N–H and O–H groups in total. The third-order valence-electron chi connectivity index (χ3n) is 3.34. The average Bonchev–Trinajstić information content (AvgIpc) is 2.75. The summed E-state index contributed by atoms with van der Waals surface area (Å²) >= 11 is 5.74. The number of fused-ring (bicyclic) bond motifs is 2. The van der Waals surface area contributed by atoms with Gasteiger partial charge in [-0.2, -0.15) is 0 Å². The highest BCUT2D eigenvalue weighted by Crippen LogP contribution is 2.50. The Bertz CT molecular complexity index is 407. The summed E-state index contributed by atoms with van der Waals surface area (Å²) in [5, 5.41) is 3.75. The second-order valence-corrected chi connectivity index (χ2v) is 6.62. The Morgan fingerprint density at radius 2 is 2.40 bits per heavy atom. The molecule has 0 amide bonds. The van der Waals surface area contributed by atoms with Gasteiger partial charge in [0.15, 0.2) is 0 Å². The zero-order valence-electron chi connectivity index (χ0n) is 8.72. The van der Waals surface area contributed by atoms with Crippen molar-refractivity contribution in [2.75, 3.05) is 5.75 Å². The van der Waals surface area contributed by atoms with Crippen LogP contribution in [0.5, 0.6) is 0 Å². The topological polar surface area (TPSA) is 12.0 Å². The first-order valence-corrected chi connectivity index (χ1v) is 7.19. The first kappa shape index (κ1) is 10.2. The van der Waals surface area contributed by atoms with Gasteiger partial charge >= 0.3 is 0 Å². The monoisotopic (exact) mass is 283 g/mol. The summed E-state index contributed by atoms with van der Waals surface area (Å²) < 4.78 is 1.28. The number of nitrogens with one attached hydrogen (secondary N) is 1. The fourth-order valence-corrected chi connectivity index (χ4v) is 4.74. The molecule has 1 nitrogen and oxygen atoms in total. The van der Waals surface area contributed by atoms with E-state index in [1.165, 1.54) is 34.2 Å². The lowest BCUT2D eigenvalue weighted by molar-refractivity contribution is 0.465. The Labute approximate surface area is 103 Å². The number of benzene rings is 1. The van der Waals surface area contributed by atoms with Gasteiger partial charge in [0, 0.05) is 16.3 Å². The molecule has 3 heteroatoms. The molecule has 1 aromatic rings. The standard InChI is InChI=1S/C12H14BrNS/c1-8-7-15-12(14-8)6-5-9-10(12)3-2-4-11(9)13/h2-4,8,14H,5-7H2,1H3. The van der Waals surface area contributed by atoms with Crippen LogP contribution in [-0.2, 0) is 11.3 Å². The minimum atomic E-state index is 0.221. The predicted molar refractivity (Wildman–Crippen MR) is 69.2 cm³/mol. The number of rotatable bonds is 0. The van der Waals surface area contributed by atoms with Crippen LogP contribution >= 0.6 is 27.7 Å². The largest absolute Gasteiger partial charge is 0.296 e. The van der Waals surface area contributed by atoms with E-state index in [0.717, 1.165) is 0 Å². The fraction of sp³-hybridized carbons (Fsp3) is 0.500. The molecule has 0 bridgehead atoms. The van der Waals surface area contributed by atoms with Crippen LogP contribution in [0.15, 0.2) is 22.7 Å². The van der Waals surface area contributed by atoms with Gasteiger partial charge in [0.25, 0.3) is 0 Å². The third kappa shape index (κ3) is 1.48. The van der Waals surface area contributed by atoms with Crippen molar-refractivity contribution in [1.82, 2.24) is 5.32 Å². The summed E-state index contributed by atoms with van der Waals surface area (Å²) in [6.45, 7) is 2.28. The Balaban J connectivity index is 2.08. The minimum absolute atomic E-state index is 0.221. The summed E-state index contributed by atoms with van der Waals surface area (Å²) in [4.78, 5) is 0.221. The van der Waals surface area contributed by atoms with Crippen molar-refractivity contribution in [3.05, 3.63) is 33.8 Å². The van der Waals surface area contributed by atoms with Crippen LogP contribution in [0.4, 0.5) is 0 Å². The summed E-state index contributed by atoms with van der Waals surface area (Å²) in [5.74, 6) is 1.23. The lowest BCUT2D eigenvalue weighted by Crippen LogP contribution is -2.36. The van der Waals surface area contributed by atoms with Gasteiger partial charge in [-0.1, -0.05) is 28.1 Å². The lowest BCUT2D eigenvalue weighted by Gasteiger charge is -2.25. The Morgan fingerprint density at radius 1 is 1.53 bits per heavy atom. The van der Waals surface area contributed by atoms with Crippen LogP contribution in [0.3, 0.4) is 0 Å². The maximum Gasteiger partial charge on any atom is 0.0910 e. The second kappa shape index (κ2) is 3.51. The van der Waals surface area contributed by atoms with Crippen molar-refractivity contribution in [3.63, 3.8) is 0 Å². The molecular weight excluding hydrogens is 270 g/mol. The molecule has 1 fully saturated rings. The van der Waals surface area contributed by atoms with Crippen molar-refractivity contribution < 1.29 is 0 Å². The number of hydrogen-bond donors (Lipinski definition) is 1. The second-order valence-electron chi connectivity index (χ2n) is 4.45. The molecule has 1 aromatic carbocycles. The molecule has 15 heavy (non-hydrogen) atoms. The maximum absolute atomic E-state index is 3.75. The molecule has 80 valence electrons. The van der Waals surface area contributed by atoms with Gasteiger partial charge in [-0.15, -0.1) is 11.8 Å². The quantitative estimate of drug-likeness (QED) is 0.784. The zero-order valence-corrected chi connectivity index (χ0v) is 11.1. The van der Waals surface area contributed by atoms with Crippen LogP contribution in [0.25, 0.3) is 0 Å². The van der Waals surface area contributed by atoms with Crippen molar-refractivity contribution >= 4 is 27.7 Å². The Morgan fingerprint density at radius 3 is 3.13 bits per heavy atom. The summed E-state index contributed by atoms with van der Waals surface area (Å²) in [5.41, 5.74) is 3.01. The summed E-state index contributed by atoms with van der Waals surface area (Å²) in [7, 11) is 0. The molecule has 2 unspecified atom stereocenters. The molecule has 1 heterocycles. The number of thioether (sulfide) groups is 1. The maximum atomic E-state index is 3.75. The summed E-state index contributed by atoms with van der Waals surface area (Å²) in [6.07, 6.45) is 2.43. The Kier molecular flexibility index (Phi) is 2.38. The van der Waals surface area contributed by atoms with E-state index in [4.69, 9.17) is 0 Å². The lowest BCUT2D eigenvalue weighted by atomic mass is 10.1. The van der Waals surface area contributed by atoms with Gasteiger partial charge in [-0.05, 0) is 37.0 Å². The smallest absolute Gasteiger partial charge is 0.0910 e. The molecule has 0 saturated carbocycles. The third-order valence-corrected chi connectivity index (χ3v) is 5.78. The number of halogens is 1. The average molecular weight is 284 g/mol. The molecule has 1 saturated heterocycles. The molecule has 2 aliphatic rings. The van der Waals surface area contributed by atoms with E-state index >= 15 is 0 Å². The molecule has 0 radical (unpaired) electrons. The van der Waals surface area contributed by atoms with E-state index in [9.17, 15) is 0 Å². The molecule has 3 rings (SSSR count). The fourth-order valence-electron chi connectivity index (χ4n) is 2.68. The molecular formula is C12H14BrNS. The van der Waals surface area contributed by atoms with E-state index < -0.39 is 0 Å². The predicted octanol–water partition coefficient (Wildman–Crippen LogP) is 3.27. The van der Waals surface area contributed by atoms with Gasteiger partial charge in [-0.25, -0.2) is 0 Å². The minimum Gasteiger partial charge on any atom is -0.296 e. The van der Waals surface area contributed by atoms with Crippen LogP contribution in [0.2, 0.25) is 0 Å². The van der Waals surface area contributed by atoms with Gasteiger partial charge in [0.2, 0.25) is 0 Å². The highest BCUT2D eigenvalue weighted by molar-refractivity contribution is 9.10. The van der Waals surface area contributed by atoms with E-state index in [1.54, 1.807) is 0 Å². The van der Waals surface area contributed by atoms with Crippen molar-refractivity contribution in [1.29, 1.82) is 0 Å². The van der Waals surface area contributed by atoms with E-state index in [1.807, 2.05) is 0 Å². The van der Waals surface area contributed by atoms with E-state index in [0.29, 0.717) is 6.04 Å². The highest BCUT2D eigenvalue weighted by Gasteiger charge is 2.44. The highest BCUT2D eigenvalue weighted by atomic mass is 79.9. The van der Waals surface area contributed by atoms with Gasteiger partial charge in [-0.3, -0.25) is 5.32 Å². The SMILES string of the molecule is CC1CSC2(CCc3c(Br)cccc32)N1. The van der Waals surface area contributed by atoms with E-state index in [2.05, 4.69) is 58.1 Å². The van der Waals surface area contributed by atoms with Crippen molar-refractivity contribution in [2.45, 2.75) is 30.7 Å². The van der Waals surface area contributed by atoms with Crippen LogP contribution < -0.4 is 5.32 Å². The first-order valence-electron chi connectivity index (χ1n) is 5.41.